The minimum Gasteiger partial charge on any atom is -0.478 e. The van der Waals surface area contributed by atoms with Gasteiger partial charge in [-0.2, -0.15) is 0 Å². The first-order valence-electron chi connectivity index (χ1n) is 13.0. The van der Waals surface area contributed by atoms with E-state index in [2.05, 4.69) is 91.0 Å². The van der Waals surface area contributed by atoms with Gasteiger partial charge in [-0.15, -0.1) is 0 Å². The van der Waals surface area contributed by atoms with Gasteiger partial charge >= 0.3 is 0 Å². The van der Waals surface area contributed by atoms with Crippen LogP contribution in [0.25, 0.3) is 0 Å². The SMILES string of the molecule is C1CCCC1.[Fe].c1ccc(C2COC(C3CCCC3P(c3ccccc3)c3ccccc3)=N2)cc1. The van der Waals surface area contributed by atoms with Crippen molar-refractivity contribution >= 4 is 24.4 Å². The van der Waals surface area contributed by atoms with E-state index in [1.165, 1.54) is 67.5 Å². The molecule has 2 aliphatic carbocycles. The van der Waals surface area contributed by atoms with Gasteiger partial charge in [0, 0.05) is 23.0 Å². The molecule has 2 fully saturated rings. The van der Waals surface area contributed by atoms with E-state index in [1.807, 2.05) is 0 Å². The van der Waals surface area contributed by atoms with Gasteiger partial charge in [0.2, 0.25) is 0 Å². The van der Waals surface area contributed by atoms with Crippen LogP contribution in [0.3, 0.4) is 0 Å². The Morgan fingerprint density at radius 2 is 1.14 bits per heavy atom. The zero-order valence-corrected chi connectivity index (χ0v) is 22.4. The van der Waals surface area contributed by atoms with Crippen molar-refractivity contribution in [3.63, 3.8) is 0 Å². The van der Waals surface area contributed by atoms with Crippen molar-refractivity contribution < 1.29 is 21.8 Å². The molecule has 3 atom stereocenters. The van der Waals surface area contributed by atoms with Crippen LogP contribution in [0.4, 0.5) is 0 Å². The molecule has 3 aromatic rings. The van der Waals surface area contributed by atoms with Crippen molar-refractivity contribution in [3.8, 4) is 0 Å². The van der Waals surface area contributed by atoms with Crippen LogP contribution in [0.15, 0.2) is 96.0 Å². The summed E-state index contributed by atoms with van der Waals surface area (Å²) in [6.07, 6.45) is 11.2. The fourth-order valence-electron chi connectivity index (χ4n) is 5.57. The normalized spacial score (nSPS) is 23.1. The molecule has 0 bridgehead atoms. The van der Waals surface area contributed by atoms with Gasteiger partial charge in [0.15, 0.2) is 5.90 Å². The van der Waals surface area contributed by atoms with E-state index < -0.39 is 7.92 Å². The zero-order valence-electron chi connectivity index (χ0n) is 20.4. The third-order valence-corrected chi connectivity index (χ3v) is 10.3. The summed E-state index contributed by atoms with van der Waals surface area (Å²) < 4.78 is 6.22. The zero-order chi connectivity index (χ0) is 23.0. The summed E-state index contributed by atoms with van der Waals surface area (Å²) in [5, 5.41) is 2.92. The van der Waals surface area contributed by atoms with E-state index in [1.54, 1.807) is 0 Å². The van der Waals surface area contributed by atoms with Gasteiger partial charge < -0.3 is 4.74 Å². The van der Waals surface area contributed by atoms with Crippen molar-refractivity contribution in [1.29, 1.82) is 0 Å². The number of hydrogen-bond acceptors (Lipinski definition) is 2. The molecule has 0 saturated heterocycles. The minimum atomic E-state index is -0.437. The standard InChI is InChI=1S/C26H26NOP.C5H10.Fe/c1-4-11-20(12-5-1)24-19-28-26(27-24)23-17-10-18-25(23)29(21-13-6-2-7-14-21)22-15-8-3-9-16-22;1-2-4-5-3-1;/h1-9,11-16,23-25H,10,17-19H2;1-5H2;. The first-order chi connectivity index (χ1) is 16.9. The molecule has 3 aromatic carbocycles. The third-order valence-electron chi connectivity index (χ3n) is 7.30. The van der Waals surface area contributed by atoms with Gasteiger partial charge in [0.25, 0.3) is 0 Å². The fraction of sp³-hybridized carbons (Fsp3) is 0.387. The summed E-state index contributed by atoms with van der Waals surface area (Å²) in [6, 6.07) is 32.8. The molecule has 1 aliphatic heterocycles. The molecule has 0 N–H and O–H groups in total. The van der Waals surface area contributed by atoms with Crippen LogP contribution >= 0.6 is 7.92 Å². The monoisotopic (exact) mass is 525 g/mol. The Hall–Kier alpha value is -1.92. The number of hydrogen-bond donors (Lipinski definition) is 0. The van der Waals surface area contributed by atoms with Crippen LogP contribution in [0.5, 0.6) is 0 Å². The van der Waals surface area contributed by atoms with Gasteiger partial charge in [-0.25, -0.2) is 4.99 Å². The van der Waals surface area contributed by atoms with Crippen LogP contribution in [-0.2, 0) is 21.8 Å². The van der Waals surface area contributed by atoms with Crippen molar-refractivity contribution in [3.05, 3.63) is 96.6 Å². The number of nitrogens with zero attached hydrogens (tertiary/aromatic N) is 1. The smallest absolute Gasteiger partial charge is 0.187 e. The quantitative estimate of drug-likeness (QED) is 0.251. The first-order valence-corrected chi connectivity index (χ1v) is 14.5. The van der Waals surface area contributed by atoms with Crippen LogP contribution in [0.2, 0.25) is 0 Å². The van der Waals surface area contributed by atoms with Gasteiger partial charge in [0.1, 0.15) is 12.6 Å². The van der Waals surface area contributed by atoms with Crippen molar-refractivity contribution in [2.75, 3.05) is 6.61 Å². The van der Waals surface area contributed by atoms with E-state index >= 15 is 0 Å². The maximum atomic E-state index is 6.22. The predicted molar refractivity (Wildman–Crippen MR) is 146 cm³/mol. The Labute approximate surface area is 222 Å². The van der Waals surface area contributed by atoms with E-state index in [0.717, 1.165) is 5.90 Å². The molecular weight excluding hydrogens is 489 g/mol. The average molecular weight is 525 g/mol. The van der Waals surface area contributed by atoms with E-state index in [0.29, 0.717) is 18.2 Å². The van der Waals surface area contributed by atoms with E-state index in [-0.39, 0.29) is 23.1 Å². The van der Waals surface area contributed by atoms with Crippen molar-refractivity contribution in [2.24, 2.45) is 10.9 Å². The molecule has 2 nitrogen and oxygen atoms in total. The molecule has 35 heavy (non-hydrogen) atoms. The maximum absolute atomic E-state index is 6.22. The Kier molecular flexibility index (Phi) is 10.0. The molecule has 3 unspecified atom stereocenters. The second-order valence-corrected chi connectivity index (χ2v) is 12.1. The Balaban J connectivity index is 0.000000431. The van der Waals surface area contributed by atoms with Crippen molar-refractivity contribution in [2.45, 2.75) is 63.1 Å². The molecule has 4 heteroatoms. The van der Waals surface area contributed by atoms with Crippen LogP contribution < -0.4 is 10.6 Å². The number of ether oxygens (including phenoxy) is 1. The summed E-state index contributed by atoms with van der Waals surface area (Å²) in [5.41, 5.74) is 1.84. The second-order valence-electron chi connectivity index (χ2n) is 9.62. The van der Waals surface area contributed by atoms with Crippen LogP contribution in [0, 0.1) is 5.92 Å². The maximum Gasteiger partial charge on any atom is 0.187 e. The molecule has 0 radical (unpaired) electrons. The second kappa shape index (κ2) is 13.4. The molecule has 0 amide bonds. The molecule has 1 heterocycles. The van der Waals surface area contributed by atoms with Gasteiger partial charge in [-0.1, -0.05) is 130 Å². The number of aliphatic imine (C=N–C) groups is 1. The van der Waals surface area contributed by atoms with Crippen LogP contribution in [0.1, 0.15) is 63.0 Å². The van der Waals surface area contributed by atoms with Crippen molar-refractivity contribution in [1.82, 2.24) is 0 Å². The average Bonchev–Trinajstić information content (AvgIpc) is 3.70. The molecule has 6 rings (SSSR count). The topological polar surface area (TPSA) is 21.6 Å². The summed E-state index contributed by atoms with van der Waals surface area (Å²) in [7, 11) is -0.437. The third kappa shape index (κ3) is 6.65. The van der Waals surface area contributed by atoms with E-state index in [4.69, 9.17) is 9.73 Å². The number of benzene rings is 3. The predicted octanol–water partition coefficient (Wildman–Crippen LogP) is 7.41. The van der Waals surface area contributed by atoms with Gasteiger partial charge in [-0.05, 0) is 42.6 Å². The molecule has 3 aliphatic rings. The molecule has 2 saturated carbocycles. The Morgan fingerprint density at radius 3 is 1.69 bits per heavy atom. The molecular formula is C31H36FeNOP. The molecule has 0 spiro atoms. The van der Waals surface area contributed by atoms with Gasteiger partial charge in [-0.3, -0.25) is 0 Å². The summed E-state index contributed by atoms with van der Waals surface area (Å²) in [4.78, 5) is 5.07. The Bertz CT molecular complexity index is 992. The van der Waals surface area contributed by atoms with Gasteiger partial charge in [0.05, 0.1) is 0 Å². The van der Waals surface area contributed by atoms with Crippen LogP contribution in [-0.4, -0.2) is 18.2 Å². The number of rotatable bonds is 5. The largest absolute Gasteiger partial charge is 0.478 e. The first kappa shape index (κ1) is 26.2. The minimum absolute atomic E-state index is 0. The Morgan fingerprint density at radius 1 is 0.629 bits per heavy atom. The summed E-state index contributed by atoms with van der Waals surface area (Å²) in [6.45, 7) is 0.678. The van der Waals surface area contributed by atoms with E-state index in [9.17, 15) is 0 Å². The summed E-state index contributed by atoms with van der Waals surface area (Å²) >= 11 is 0. The molecule has 184 valence electrons. The summed E-state index contributed by atoms with van der Waals surface area (Å²) in [5.74, 6) is 1.43. The fourth-order valence-corrected chi connectivity index (χ4v) is 8.70. The molecule has 0 aromatic heterocycles.